The molecule has 2 aromatic rings. The zero-order chi connectivity index (χ0) is 18.8. The number of anilines is 2. The fourth-order valence-electron chi connectivity index (χ4n) is 3.90. The average Bonchev–Trinajstić information content (AvgIpc) is 2.85. The quantitative estimate of drug-likeness (QED) is 0.834. The highest BCUT2D eigenvalue weighted by Crippen LogP contribution is 2.32. The molecule has 0 saturated heterocycles. The molecule has 2 N–H and O–H groups in total. The number of carbonyl (C=O) groups excluding carboxylic acids is 1. The highest BCUT2D eigenvalue weighted by atomic mass is 16.2. The van der Waals surface area contributed by atoms with Crippen molar-refractivity contribution < 1.29 is 4.79 Å². The van der Waals surface area contributed by atoms with Gasteiger partial charge in [-0.1, -0.05) is 19.9 Å². The molecule has 1 aromatic carbocycles. The van der Waals surface area contributed by atoms with Crippen molar-refractivity contribution in [2.24, 2.45) is 5.92 Å². The maximum Gasteiger partial charge on any atom is 0.227 e. The Kier molecular flexibility index (Phi) is 5.35. The van der Waals surface area contributed by atoms with Crippen LogP contribution >= 0.6 is 0 Å². The molecular weight excluding hydrogens is 324 g/mol. The molecule has 2 heterocycles. The molecule has 0 atom stereocenters. The summed E-state index contributed by atoms with van der Waals surface area (Å²) < 4.78 is 2.08. The average molecular weight is 354 g/mol. The van der Waals surface area contributed by atoms with E-state index in [9.17, 15) is 4.79 Å². The molecule has 1 aromatic heterocycles. The third-order valence-electron chi connectivity index (χ3n) is 5.25. The Bertz CT molecular complexity index is 807. The van der Waals surface area contributed by atoms with Crippen LogP contribution in [-0.2, 0) is 24.2 Å². The zero-order valence-corrected chi connectivity index (χ0v) is 16.4. The lowest BCUT2D eigenvalue weighted by atomic mass is 9.99. The second-order valence-corrected chi connectivity index (χ2v) is 7.72. The van der Waals surface area contributed by atoms with E-state index < -0.39 is 0 Å². The molecule has 3 rings (SSSR count). The van der Waals surface area contributed by atoms with Crippen molar-refractivity contribution in [1.29, 1.82) is 0 Å². The predicted octanol–water partition coefficient (Wildman–Crippen LogP) is 3.65. The molecule has 140 valence electrons. The van der Waals surface area contributed by atoms with Crippen LogP contribution in [0.15, 0.2) is 18.2 Å². The summed E-state index contributed by atoms with van der Waals surface area (Å²) in [6.45, 7) is 10.2. The summed E-state index contributed by atoms with van der Waals surface area (Å²) in [5.41, 5.74) is 12.4. The van der Waals surface area contributed by atoms with Crippen LogP contribution in [0.1, 0.15) is 49.2 Å². The van der Waals surface area contributed by atoms with Crippen molar-refractivity contribution in [3.8, 4) is 0 Å². The zero-order valence-electron chi connectivity index (χ0n) is 16.4. The molecule has 0 radical (unpaired) electrons. The van der Waals surface area contributed by atoms with Gasteiger partial charge in [0, 0.05) is 36.6 Å². The van der Waals surface area contributed by atoms with Gasteiger partial charge < -0.3 is 10.6 Å². The first-order valence-corrected chi connectivity index (χ1v) is 9.59. The number of nitrogens with zero attached hydrogens (tertiary/aromatic N) is 3. The Labute approximate surface area is 156 Å². The Morgan fingerprint density at radius 3 is 2.81 bits per heavy atom. The molecule has 1 aliphatic heterocycles. The number of fused-ring (bicyclic) bond motifs is 1. The van der Waals surface area contributed by atoms with Gasteiger partial charge in [0.2, 0.25) is 5.91 Å². The van der Waals surface area contributed by atoms with Crippen LogP contribution in [0.25, 0.3) is 0 Å². The lowest BCUT2D eigenvalue weighted by Crippen LogP contribution is -2.35. The maximum absolute atomic E-state index is 12.9. The fourth-order valence-corrected chi connectivity index (χ4v) is 3.90. The highest BCUT2D eigenvalue weighted by molar-refractivity contribution is 5.95. The van der Waals surface area contributed by atoms with E-state index in [-0.39, 0.29) is 5.91 Å². The number of hydrogen-bond acceptors (Lipinski definition) is 3. The number of amides is 1. The summed E-state index contributed by atoms with van der Waals surface area (Å²) in [4.78, 5) is 14.8. The minimum Gasteiger partial charge on any atom is -0.398 e. The molecule has 5 nitrogen and oxygen atoms in total. The number of nitrogen functional groups attached to an aromatic ring is 1. The van der Waals surface area contributed by atoms with Gasteiger partial charge in [0.25, 0.3) is 0 Å². The Balaban J connectivity index is 1.73. The van der Waals surface area contributed by atoms with Crippen molar-refractivity contribution in [3.05, 3.63) is 40.7 Å². The van der Waals surface area contributed by atoms with Gasteiger partial charge in [0.05, 0.1) is 5.69 Å². The third-order valence-corrected chi connectivity index (χ3v) is 5.25. The van der Waals surface area contributed by atoms with Crippen molar-refractivity contribution in [2.45, 2.75) is 59.9 Å². The Hall–Kier alpha value is -2.30. The minimum absolute atomic E-state index is 0.173. The summed E-state index contributed by atoms with van der Waals surface area (Å²) >= 11 is 0. The number of nitrogens with two attached hydrogens (primary N) is 1. The van der Waals surface area contributed by atoms with Gasteiger partial charge in [0.1, 0.15) is 0 Å². The predicted molar refractivity (Wildman–Crippen MR) is 106 cm³/mol. The summed E-state index contributed by atoms with van der Waals surface area (Å²) in [6.07, 6.45) is 3.16. The minimum atomic E-state index is 0.173. The lowest BCUT2D eigenvalue weighted by Gasteiger charge is -2.30. The second kappa shape index (κ2) is 7.52. The van der Waals surface area contributed by atoms with Gasteiger partial charge in [-0.15, -0.1) is 0 Å². The van der Waals surface area contributed by atoms with Gasteiger partial charge in [-0.2, -0.15) is 5.10 Å². The van der Waals surface area contributed by atoms with Crippen molar-refractivity contribution in [1.82, 2.24) is 9.78 Å². The highest BCUT2D eigenvalue weighted by Gasteiger charge is 2.24. The van der Waals surface area contributed by atoms with Crippen LogP contribution in [0.3, 0.4) is 0 Å². The summed E-state index contributed by atoms with van der Waals surface area (Å²) in [6, 6.07) is 5.87. The number of aryl methyl sites for hydroxylation is 1. The molecule has 0 spiro atoms. The van der Waals surface area contributed by atoms with Crippen LogP contribution in [0.5, 0.6) is 0 Å². The normalized spacial score (nSPS) is 14.0. The summed E-state index contributed by atoms with van der Waals surface area (Å²) in [5.74, 6) is 0.727. The number of rotatable bonds is 5. The van der Waals surface area contributed by atoms with Crippen LogP contribution in [0.2, 0.25) is 0 Å². The first-order valence-electron chi connectivity index (χ1n) is 9.59. The van der Waals surface area contributed by atoms with Crippen LogP contribution < -0.4 is 10.6 Å². The van der Waals surface area contributed by atoms with Gasteiger partial charge in [-0.05, 0) is 62.3 Å². The van der Waals surface area contributed by atoms with E-state index in [1.165, 1.54) is 11.3 Å². The molecule has 26 heavy (non-hydrogen) atoms. The molecule has 0 unspecified atom stereocenters. The summed E-state index contributed by atoms with van der Waals surface area (Å²) in [5, 5.41) is 4.66. The van der Waals surface area contributed by atoms with Crippen molar-refractivity contribution in [3.63, 3.8) is 0 Å². The number of aromatic nitrogens is 2. The molecule has 0 bridgehead atoms. The largest absolute Gasteiger partial charge is 0.398 e. The van der Waals surface area contributed by atoms with Crippen LogP contribution in [-0.4, -0.2) is 22.2 Å². The molecule has 1 aliphatic rings. The number of carbonyl (C=O) groups is 1. The van der Waals surface area contributed by atoms with E-state index in [2.05, 4.69) is 30.6 Å². The SMILES string of the molecule is Cc1nn(CC(C)C)c(C)c1CCC(=O)N1CCCc2c(N)cccc21. The van der Waals surface area contributed by atoms with Crippen LogP contribution in [0, 0.1) is 19.8 Å². The van der Waals surface area contributed by atoms with Crippen molar-refractivity contribution >= 4 is 17.3 Å². The van der Waals surface area contributed by atoms with Gasteiger partial charge in [0.15, 0.2) is 0 Å². The molecule has 1 amide bonds. The van der Waals surface area contributed by atoms with E-state index in [0.717, 1.165) is 55.0 Å². The monoisotopic (exact) mass is 354 g/mol. The van der Waals surface area contributed by atoms with Gasteiger partial charge in [-0.3, -0.25) is 9.48 Å². The smallest absolute Gasteiger partial charge is 0.227 e. The van der Waals surface area contributed by atoms with Crippen LogP contribution in [0.4, 0.5) is 11.4 Å². The molecule has 0 fully saturated rings. The first kappa shape index (κ1) is 18.5. The lowest BCUT2D eigenvalue weighted by molar-refractivity contribution is -0.118. The Morgan fingerprint density at radius 2 is 2.08 bits per heavy atom. The fraction of sp³-hybridized carbons (Fsp3) is 0.524. The van der Waals surface area contributed by atoms with Gasteiger partial charge in [-0.25, -0.2) is 0 Å². The molecule has 0 aliphatic carbocycles. The van der Waals surface area contributed by atoms with Crippen molar-refractivity contribution in [2.75, 3.05) is 17.2 Å². The van der Waals surface area contributed by atoms with E-state index in [0.29, 0.717) is 12.3 Å². The summed E-state index contributed by atoms with van der Waals surface area (Å²) in [7, 11) is 0. The number of hydrogen-bond donors (Lipinski definition) is 1. The van der Waals surface area contributed by atoms with E-state index in [1.54, 1.807) is 0 Å². The first-order chi connectivity index (χ1) is 12.4. The Morgan fingerprint density at radius 1 is 1.31 bits per heavy atom. The molecule has 0 saturated carbocycles. The van der Waals surface area contributed by atoms with E-state index in [4.69, 9.17) is 5.73 Å². The maximum atomic E-state index is 12.9. The second-order valence-electron chi connectivity index (χ2n) is 7.72. The standard InChI is InChI=1S/C21H30N4O/c1-14(2)13-25-16(4)17(15(3)23-25)10-11-21(26)24-12-6-7-18-19(22)8-5-9-20(18)24/h5,8-9,14H,6-7,10-13,22H2,1-4H3. The number of benzene rings is 1. The topological polar surface area (TPSA) is 64.2 Å². The van der Waals surface area contributed by atoms with Gasteiger partial charge >= 0.3 is 0 Å². The van der Waals surface area contributed by atoms with E-state index >= 15 is 0 Å². The van der Waals surface area contributed by atoms with E-state index in [1.807, 2.05) is 30.0 Å². The molecule has 5 heteroatoms. The molecular formula is C21H30N4O. The third kappa shape index (κ3) is 3.62.